The van der Waals surface area contributed by atoms with Crippen molar-refractivity contribution in [2.75, 3.05) is 0 Å². The Morgan fingerprint density at radius 1 is 0.857 bits per heavy atom. The summed E-state index contributed by atoms with van der Waals surface area (Å²) < 4.78 is 21.9. The molecule has 7 heavy (non-hydrogen) atoms. The second-order valence-corrected chi connectivity index (χ2v) is 0. The zero-order valence-electron chi connectivity index (χ0n) is 3.10. The van der Waals surface area contributed by atoms with Crippen molar-refractivity contribution in [3.8, 4) is 0 Å². The summed E-state index contributed by atoms with van der Waals surface area (Å²) in [4.78, 5) is 0. The molecule has 0 heterocycles. The van der Waals surface area contributed by atoms with Crippen LogP contribution in [0.3, 0.4) is 0 Å². The molecule has 0 aliphatic heterocycles. The van der Waals surface area contributed by atoms with Gasteiger partial charge in [0.25, 0.3) is 0 Å². The maximum atomic E-state index is 7.72. The van der Waals surface area contributed by atoms with Gasteiger partial charge in [-0.15, -0.1) is 0 Å². The molecule has 0 saturated heterocycles. The maximum Gasteiger partial charge on any atom is 2.00 e. The van der Waals surface area contributed by atoms with Crippen molar-refractivity contribution in [1.29, 1.82) is 0 Å². The summed E-state index contributed by atoms with van der Waals surface area (Å²) in [5, 5.41) is 0. The van der Waals surface area contributed by atoms with E-state index >= 15 is 0 Å². The van der Waals surface area contributed by atoms with E-state index in [1.807, 2.05) is 0 Å². The number of hydrogen-bond acceptors (Lipinski definition) is 3. The Balaban J connectivity index is -0.00000000900. The van der Waals surface area contributed by atoms with Crippen LogP contribution in [0, 0.1) is 0 Å². The second kappa shape index (κ2) is 97.4. The fourth-order valence-electron chi connectivity index (χ4n) is 0. The first-order valence-electron chi connectivity index (χ1n) is 0.478. The Bertz CT molecular complexity index is 10.1. The zero-order chi connectivity index (χ0) is 6.00. The molecule has 0 aliphatic rings. The Labute approximate surface area is 86.3 Å². The van der Waals surface area contributed by atoms with Crippen LogP contribution in [0.5, 0.6) is 0 Å². The standard InChI is InChI=1S/Ca.ClHO.2ClO/c;3*1-2/h;2H;;/q+2;;2*-1. The van der Waals surface area contributed by atoms with Crippen LogP contribution in [0.2, 0.25) is 0 Å². The van der Waals surface area contributed by atoms with Crippen molar-refractivity contribution in [3.63, 3.8) is 0 Å². The third-order valence-electron chi connectivity index (χ3n) is 0. The van der Waals surface area contributed by atoms with Crippen LogP contribution in [-0.2, 0) is 0 Å². The van der Waals surface area contributed by atoms with E-state index in [1.54, 1.807) is 0 Å². The third kappa shape index (κ3) is 71.6. The van der Waals surface area contributed by atoms with Gasteiger partial charge in [0.15, 0.2) is 0 Å². The second-order valence-electron chi connectivity index (χ2n) is 0. The first kappa shape index (κ1) is 23.0. The molecule has 0 saturated carbocycles. The van der Waals surface area contributed by atoms with Gasteiger partial charge in [-0.2, -0.15) is 0 Å². The van der Waals surface area contributed by atoms with Crippen LogP contribution in [0.25, 0.3) is 0 Å². The van der Waals surface area contributed by atoms with Gasteiger partial charge in [0, 0.05) is 0 Å². The molecule has 1 N–H and O–H groups in total. The van der Waals surface area contributed by atoms with Gasteiger partial charge >= 0.3 is 37.7 Å². The van der Waals surface area contributed by atoms with Crippen LogP contribution >= 0.6 is 35.6 Å². The van der Waals surface area contributed by atoms with Crippen molar-refractivity contribution in [1.82, 2.24) is 0 Å². The van der Waals surface area contributed by atoms with Gasteiger partial charge < -0.3 is 9.32 Å². The van der Waals surface area contributed by atoms with Gasteiger partial charge in [-0.1, -0.05) is 0 Å². The van der Waals surface area contributed by atoms with E-state index in [0.29, 0.717) is 0 Å². The zero-order valence-corrected chi connectivity index (χ0v) is 7.58. The molecule has 0 atom stereocenters. The summed E-state index contributed by atoms with van der Waals surface area (Å²) in [5.74, 6) is 0. The summed E-state index contributed by atoms with van der Waals surface area (Å²) in [6, 6.07) is 0. The average molecular weight is 195 g/mol. The molecule has 0 spiro atoms. The molecule has 0 rings (SSSR count). The molecule has 0 aromatic heterocycles. The average Bonchev–Trinajstić information content (AvgIpc) is 1.81. The van der Waals surface area contributed by atoms with E-state index in [1.165, 1.54) is 0 Å². The molecular weight excluding hydrogens is 194 g/mol. The van der Waals surface area contributed by atoms with Gasteiger partial charge in [0.1, 0.15) is 0 Å². The molecule has 0 fully saturated rings. The maximum absolute atomic E-state index is 7.72. The van der Waals surface area contributed by atoms with Crippen LogP contribution in [-0.4, -0.2) is 42.4 Å². The third-order valence-corrected chi connectivity index (χ3v) is 0. The summed E-state index contributed by atoms with van der Waals surface area (Å²) in [7, 11) is 0. The minimum Gasteiger partial charge on any atom is -0.769 e. The van der Waals surface area contributed by atoms with Crippen molar-refractivity contribution in [2.24, 2.45) is 0 Å². The van der Waals surface area contributed by atoms with Gasteiger partial charge in [-0.3, -0.25) is 4.66 Å². The molecule has 0 radical (unpaired) electrons. The van der Waals surface area contributed by atoms with Crippen LogP contribution in [0.15, 0.2) is 0 Å². The first-order chi connectivity index (χ1) is 3.00. The molecule has 0 aliphatic carbocycles. The fourth-order valence-corrected chi connectivity index (χ4v) is 0. The van der Waals surface area contributed by atoms with E-state index in [0.717, 1.165) is 0 Å². The SMILES string of the molecule is OCl.[Ca+2].[O-]Cl.[O-]Cl. The minimum absolute atomic E-state index is 0. The van der Waals surface area contributed by atoms with Crippen LogP contribution < -0.4 is 9.32 Å². The fraction of sp³-hybridized carbons (Fsp3) is 0. The van der Waals surface area contributed by atoms with Gasteiger partial charge in [-0.25, -0.2) is 23.7 Å². The molecule has 0 aromatic carbocycles. The molecule has 0 bridgehead atoms. The van der Waals surface area contributed by atoms with Crippen LogP contribution in [0.4, 0.5) is 0 Å². The quantitative estimate of drug-likeness (QED) is 0.491. The monoisotopic (exact) mass is 194 g/mol. The Kier molecular flexibility index (Phi) is 321. The van der Waals surface area contributed by atoms with E-state index in [9.17, 15) is 0 Å². The first-order valence-corrected chi connectivity index (χ1v) is 1.43. The van der Waals surface area contributed by atoms with Gasteiger partial charge in [0.05, 0.1) is 11.9 Å². The molecule has 42 valence electrons. The molecular formula is HCaCl3O3. The van der Waals surface area contributed by atoms with Crippen LogP contribution in [0.1, 0.15) is 0 Å². The molecule has 0 aromatic rings. The number of halogens is 3. The molecule has 0 amide bonds. The summed E-state index contributed by atoms with van der Waals surface area (Å²) in [6.45, 7) is 0. The van der Waals surface area contributed by atoms with Crippen molar-refractivity contribution in [2.45, 2.75) is 0 Å². The Morgan fingerprint density at radius 3 is 0.857 bits per heavy atom. The normalized spacial score (nSPS) is 2.57. The number of rotatable bonds is 0. The predicted octanol–water partition coefficient (Wildman–Crippen LogP) is -1.25. The summed E-state index contributed by atoms with van der Waals surface area (Å²) in [5.41, 5.74) is 0. The molecule has 7 heteroatoms. The topological polar surface area (TPSA) is 66.3 Å². The summed E-state index contributed by atoms with van der Waals surface area (Å²) in [6.07, 6.45) is 0. The van der Waals surface area contributed by atoms with E-state index < -0.39 is 0 Å². The van der Waals surface area contributed by atoms with Gasteiger partial charge in [0.2, 0.25) is 0 Å². The van der Waals surface area contributed by atoms with E-state index in [4.69, 9.17) is 14.0 Å². The minimum atomic E-state index is 0. The van der Waals surface area contributed by atoms with E-state index in [-0.39, 0.29) is 37.7 Å². The predicted molar refractivity (Wildman–Crippen MR) is 25.5 cm³/mol. The molecule has 0 unspecified atom stereocenters. The van der Waals surface area contributed by atoms with E-state index in [2.05, 4.69) is 35.6 Å². The molecule has 3 nitrogen and oxygen atoms in total. The van der Waals surface area contributed by atoms with Gasteiger partial charge in [-0.05, 0) is 0 Å². The smallest absolute Gasteiger partial charge is 0.769 e. The largest absolute Gasteiger partial charge is 2.00 e. The summed E-state index contributed by atoms with van der Waals surface area (Å²) >= 11 is 10.4. The Hall–Kier alpha value is 2.01. The van der Waals surface area contributed by atoms with Crippen molar-refractivity contribution < 1.29 is 14.0 Å². The van der Waals surface area contributed by atoms with Crippen molar-refractivity contribution >= 4 is 73.3 Å². The number of hydrogen-bond donors (Lipinski definition) is 1. The Morgan fingerprint density at radius 2 is 0.857 bits per heavy atom. The van der Waals surface area contributed by atoms with Crippen molar-refractivity contribution in [3.05, 3.63) is 0 Å².